The SMILES string of the molecule is Cc1nc(CN(C)c2cccc(Cl)c2CCN)cs1. The van der Waals surface area contributed by atoms with Crippen LogP contribution in [0.2, 0.25) is 5.02 Å². The van der Waals surface area contributed by atoms with E-state index in [4.69, 9.17) is 17.3 Å². The molecule has 0 spiro atoms. The number of halogens is 1. The summed E-state index contributed by atoms with van der Waals surface area (Å²) in [5, 5.41) is 3.97. The van der Waals surface area contributed by atoms with Crippen molar-refractivity contribution in [2.45, 2.75) is 19.9 Å². The van der Waals surface area contributed by atoms with Crippen molar-refractivity contribution in [3.05, 3.63) is 44.9 Å². The average Bonchev–Trinajstić information content (AvgIpc) is 2.77. The van der Waals surface area contributed by atoms with E-state index in [1.165, 1.54) is 0 Å². The molecule has 0 fully saturated rings. The zero-order valence-corrected chi connectivity index (χ0v) is 12.8. The third-order valence-corrected chi connectivity index (χ3v) is 4.14. The van der Waals surface area contributed by atoms with Crippen LogP contribution in [0, 0.1) is 6.92 Å². The molecule has 2 aromatic rings. The predicted molar refractivity (Wildman–Crippen MR) is 83.2 cm³/mol. The van der Waals surface area contributed by atoms with Crippen LogP contribution in [0.15, 0.2) is 23.6 Å². The summed E-state index contributed by atoms with van der Waals surface area (Å²) >= 11 is 7.94. The second kappa shape index (κ2) is 6.37. The van der Waals surface area contributed by atoms with Crippen molar-refractivity contribution in [1.82, 2.24) is 4.98 Å². The van der Waals surface area contributed by atoms with Crippen molar-refractivity contribution in [1.29, 1.82) is 0 Å². The number of hydrogen-bond acceptors (Lipinski definition) is 4. The first-order valence-electron chi connectivity index (χ1n) is 6.21. The number of aromatic nitrogens is 1. The Balaban J connectivity index is 2.23. The first-order chi connectivity index (χ1) is 9.11. The number of rotatable bonds is 5. The number of anilines is 1. The molecule has 0 atom stereocenters. The Morgan fingerprint density at radius 2 is 2.21 bits per heavy atom. The van der Waals surface area contributed by atoms with Crippen molar-refractivity contribution in [3.63, 3.8) is 0 Å². The van der Waals surface area contributed by atoms with Crippen molar-refractivity contribution in [2.75, 3.05) is 18.5 Å². The fraction of sp³-hybridized carbons (Fsp3) is 0.357. The van der Waals surface area contributed by atoms with E-state index in [-0.39, 0.29) is 0 Å². The summed E-state index contributed by atoms with van der Waals surface area (Å²) in [6.45, 7) is 3.40. The zero-order valence-electron chi connectivity index (χ0n) is 11.2. The first-order valence-corrected chi connectivity index (χ1v) is 7.47. The first kappa shape index (κ1) is 14.3. The van der Waals surface area contributed by atoms with Gasteiger partial charge in [-0.15, -0.1) is 11.3 Å². The molecule has 0 saturated carbocycles. The summed E-state index contributed by atoms with van der Waals surface area (Å²) in [4.78, 5) is 6.67. The van der Waals surface area contributed by atoms with Crippen LogP contribution in [0.4, 0.5) is 5.69 Å². The molecule has 1 heterocycles. The molecule has 2 N–H and O–H groups in total. The summed E-state index contributed by atoms with van der Waals surface area (Å²) < 4.78 is 0. The van der Waals surface area contributed by atoms with Gasteiger partial charge in [0.15, 0.2) is 0 Å². The van der Waals surface area contributed by atoms with Crippen LogP contribution < -0.4 is 10.6 Å². The maximum Gasteiger partial charge on any atom is 0.0898 e. The molecule has 0 radical (unpaired) electrons. The number of nitrogens with zero attached hydrogens (tertiary/aromatic N) is 2. The molecule has 0 amide bonds. The topological polar surface area (TPSA) is 42.2 Å². The summed E-state index contributed by atoms with van der Waals surface area (Å²) in [5.74, 6) is 0. The van der Waals surface area contributed by atoms with E-state index in [0.29, 0.717) is 6.54 Å². The lowest BCUT2D eigenvalue weighted by Gasteiger charge is -2.22. The van der Waals surface area contributed by atoms with Crippen LogP contribution in [0.25, 0.3) is 0 Å². The van der Waals surface area contributed by atoms with E-state index in [1.54, 1.807) is 11.3 Å². The van der Waals surface area contributed by atoms with Gasteiger partial charge in [-0.1, -0.05) is 17.7 Å². The molecule has 0 unspecified atom stereocenters. The van der Waals surface area contributed by atoms with Crippen molar-refractivity contribution in [3.8, 4) is 0 Å². The molecule has 1 aromatic carbocycles. The highest BCUT2D eigenvalue weighted by atomic mass is 35.5. The Morgan fingerprint density at radius 1 is 1.42 bits per heavy atom. The van der Waals surface area contributed by atoms with E-state index in [9.17, 15) is 0 Å². The molecule has 102 valence electrons. The van der Waals surface area contributed by atoms with Gasteiger partial charge in [0.05, 0.1) is 17.2 Å². The number of benzene rings is 1. The van der Waals surface area contributed by atoms with E-state index in [1.807, 2.05) is 19.1 Å². The highest BCUT2D eigenvalue weighted by Gasteiger charge is 2.11. The van der Waals surface area contributed by atoms with Crippen LogP contribution in [0.1, 0.15) is 16.3 Å². The van der Waals surface area contributed by atoms with E-state index < -0.39 is 0 Å². The second-order valence-electron chi connectivity index (χ2n) is 4.49. The second-order valence-corrected chi connectivity index (χ2v) is 5.96. The maximum absolute atomic E-state index is 6.26. The minimum atomic E-state index is 0.598. The van der Waals surface area contributed by atoms with E-state index in [0.717, 1.165) is 39.9 Å². The number of hydrogen-bond donors (Lipinski definition) is 1. The highest BCUT2D eigenvalue weighted by molar-refractivity contribution is 7.09. The molecule has 19 heavy (non-hydrogen) atoms. The Morgan fingerprint density at radius 3 is 2.84 bits per heavy atom. The Labute approximate surface area is 123 Å². The molecule has 0 aliphatic carbocycles. The van der Waals surface area contributed by atoms with Crippen LogP contribution in [-0.2, 0) is 13.0 Å². The van der Waals surface area contributed by atoms with Gasteiger partial charge in [0.25, 0.3) is 0 Å². The Hall–Kier alpha value is -1.10. The van der Waals surface area contributed by atoms with Crippen molar-refractivity contribution in [2.24, 2.45) is 5.73 Å². The molecule has 0 saturated heterocycles. The standard InChI is InChI=1S/C14H18ClN3S/c1-10-17-11(9-19-10)8-18(2)14-5-3-4-13(15)12(14)6-7-16/h3-5,9H,6-8,16H2,1-2H3. The van der Waals surface area contributed by atoms with Crippen LogP contribution in [-0.4, -0.2) is 18.6 Å². The third kappa shape index (κ3) is 3.47. The minimum absolute atomic E-state index is 0.598. The lowest BCUT2D eigenvalue weighted by molar-refractivity contribution is 0.870. The van der Waals surface area contributed by atoms with Crippen LogP contribution in [0.3, 0.4) is 0 Å². The summed E-state index contributed by atoms with van der Waals surface area (Å²) in [6, 6.07) is 5.97. The molecular formula is C14H18ClN3S. The number of thiazole rings is 1. The molecule has 1 aromatic heterocycles. The van der Waals surface area contributed by atoms with Crippen molar-refractivity contribution < 1.29 is 0 Å². The largest absolute Gasteiger partial charge is 0.368 e. The van der Waals surface area contributed by atoms with E-state index >= 15 is 0 Å². The average molecular weight is 296 g/mol. The summed E-state index contributed by atoms with van der Waals surface area (Å²) in [7, 11) is 2.06. The Bertz CT molecular complexity index is 553. The molecule has 3 nitrogen and oxygen atoms in total. The van der Waals surface area contributed by atoms with Gasteiger partial charge in [-0.3, -0.25) is 0 Å². The summed E-state index contributed by atoms with van der Waals surface area (Å²) in [5.41, 5.74) is 8.99. The van der Waals surface area contributed by atoms with Gasteiger partial charge in [-0.2, -0.15) is 0 Å². The zero-order chi connectivity index (χ0) is 13.8. The van der Waals surface area contributed by atoms with Gasteiger partial charge in [0, 0.05) is 23.1 Å². The molecule has 0 bridgehead atoms. The third-order valence-electron chi connectivity index (χ3n) is 2.97. The fourth-order valence-corrected chi connectivity index (χ4v) is 2.97. The number of nitrogens with two attached hydrogens (primary N) is 1. The van der Waals surface area contributed by atoms with E-state index in [2.05, 4.69) is 28.4 Å². The lowest BCUT2D eigenvalue weighted by Crippen LogP contribution is -2.19. The molecule has 2 rings (SSSR count). The Kier molecular flexibility index (Phi) is 4.80. The quantitative estimate of drug-likeness (QED) is 0.921. The van der Waals surface area contributed by atoms with Gasteiger partial charge >= 0.3 is 0 Å². The van der Waals surface area contributed by atoms with Gasteiger partial charge in [0.2, 0.25) is 0 Å². The smallest absolute Gasteiger partial charge is 0.0898 e. The van der Waals surface area contributed by atoms with Gasteiger partial charge in [-0.05, 0) is 37.6 Å². The normalized spacial score (nSPS) is 10.7. The maximum atomic E-state index is 6.26. The predicted octanol–water partition coefficient (Wildman–Crippen LogP) is 3.24. The molecule has 0 aliphatic rings. The minimum Gasteiger partial charge on any atom is -0.368 e. The lowest BCUT2D eigenvalue weighted by atomic mass is 10.1. The van der Waals surface area contributed by atoms with Crippen molar-refractivity contribution >= 4 is 28.6 Å². The molecule has 0 aliphatic heterocycles. The monoisotopic (exact) mass is 295 g/mol. The number of aryl methyl sites for hydroxylation is 1. The molecule has 5 heteroatoms. The van der Waals surface area contributed by atoms with Crippen LogP contribution in [0.5, 0.6) is 0 Å². The fourth-order valence-electron chi connectivity index (χ4n) is 2.11. The molecular weight excluding hydrogens is 278 g/mol. The van der Waals surface area contributed by atoms with Gasteiger partial charge < -0.3 is 10.6 Å². The van der Waals surface area contributed by atoms with Crippen LogP contribution >= 0.6 is 22.9 Å². The summed E-state index contributed by atoms with van der Waals surface area (Å²) in [6.07, 6.45) is 0.787. The van der Waals surface area contributed by atoms with Gasteiger partial charge in [-0.25, -0.2) is 4.98 Å². The highest BCUT2D eigenvalue weighted by Crippen LogP contribution is 2.28. The van der Waals surface area contributed by atoms with Gasteiger partial charge in [0.1, 0.15) is 0 Å².